The van der Waals surface area contributed by atoms with Crippen LogP contribution in [-0.4, -0.2) is 22.3 Å². The predicted octanol–water partition coefficient (Wildman–Crippen LogP) is 4.43. The molecule has 1 aromatic carbocycles. The molecule has 19 heavy (non-hydrogen) atoms. The standard InChI is InChI=1S/C15H16BrNOS/c1-9(18)13-5-12(16)6-14-11(7-17-15(13)14)4-10-2-3-19-8-10/h5-7,10,17H,2-4,8H2,1H3. The Balaban J connectivity index is 2.04. The van der Waals surface area contributed by atoms with Crippen molar-refractivity contribution in [1.29, 1.82) is 0 Å². The zero-order valence-electron chi connectivity index (χ0n) is 10.8. The number of carbonyl (C=O) groups excluding carboxylic acids is 1. The van der Waals surface area contributed by atoms with Crippen molar-refractivity contribution in [3.63, 3.8) is 0 Å². The summed E-state index contributed by atoms with van der Waals surface area (Å²) in [4.78, 5) is 15.0. The molecule has 1 saturated heterocycles. The Morgan fingerprint density at radius 2 is 2.37 bits per heavy atom. The normalized spacial score (nSPS) is 19.2. The minimum atomic E-state index is 0.108. The van der Waals surface area contributed by atoms with Gasteiger partial charge in [-0.25, -0.2) is 0 Å². The molecule has 1 aliphatic heterocycles. The van der Waals surface area contributed by atoms with E-state index in [1.165, 1.54) is 28.9 Å². The van der Waals surface area contributed by atoms with Crippen molar-refractivity contribution >= 4 is 44.4 Å². The number of hydrogen-bond acceptors (Lipinski definition) is 2. The fourth-order valence-electron chi connectivity index (χ4n) is 2.75. The minimum absolute atomic E-state index is 0.108. The van der Waals surface area contributed by atoms with E-state index in [0.29, 0.717) is 0 Å². The molecule has 0 spiro atoms. The highest BCUT2D eigenvalue weighted by atomic mass is 79.9. The average Bonchev–Trinajstić information content (AvgIpc) is 2.99. The molecule has 3 rings (SSSR count). The molecule has 1 aromatic heterocycles. The Kier molecular flexibility index (Phi) is 3.72. The smallest absolute Gasteiger partial charge is 0.161 e. The second-order valence-corrected chi connectivity index (χ2v) is 7.25. The van der Waals surface area contributed by atoms with Gasteiger partial charge in [0.1, 0.15) is 0 Å². The molecule has 2 nitrogen and oxygen atoms in total. The Labute approximate surface area is 125 Å². The molecule has 1 atom stereocenters. The number of fused-ring (bicyclic) bond motifs is 1. The van der Waals surface area contributed by atoms with Gasteiger partial charge in [-0.3, -0.25) is 4.79 Å². The van der Waals surface area contributed by atoms with Crippen LogP contribution in [-0.2, 0) is 6.42 Å². The maximum atomic E-state index is 11.7. The lowest BCUT2D eigenvalue weighted by Gasteiger charge is -2.07. The monoisotopic (exact) mass is 337 g/mol. The summed E-state index contributed by atoms with van der Waals surface area (Å²) in [6, 6.07) is 4.02. The molecule has 1 aliphatic rings. The highest BCUT2D eigenvalue weighted by Gasteiger charge is 2.19. The molecule has 1 unspecified atom stereocenters. The second-order valence-electron chi connectivity index (χ2n) is 5.18. The predicted molar refractivity (Wildman–Crippen MR) is 85.1 cm³/mol. The van der Waals surface area contributed by atoms with Gasteiger partial charge in [0.15, 0.2) is 5.78 Å². The summed E-state index contributed by atoms with van der Waals surface area (Å²) in [7, 11) is 0. The SMILES string of the molecule is CC(=O)c1cc(Br)cc2c(CC3CCSC3)c[nH]c12. The van der Waals surface area contributed by atoms with Crippen LogP contribution in [0, 0.1) is 5.92 Å². The van der Waals surface area contributed by atoms with Gasteiger partial charge in [-0.15, -0.1) is 0 Å². The highest BCUT2D eigenvalue weighted by Crippen LogP contribution is 2.32. The van der Waals surface area contributed by atoms with Crippen molar-refractivity contribution in [2.75, 3.05) is 11.5 Å². The Hall–Kier alpha value is -0.740. The molecule has 0 saturated carbocycles. The van der Waals surface area contributed by atoms with Crippen LogP contribution in [0.15, 0.2) is 22.8 Å². The number of aromatic amines is 1. The van der Waals surface area contributed by atoms with Gasteiger partial charge >= 0.3 is 0 Å². The van der Waals surface area contributed by atoms with E-state index >= 15 is 0 Å². The van der Waals surface area contributed by atoms with E-state index < -0.39 is 0 Å². The number of nitrogens with one attached hydrogen (secondary N) is 1. The maximum absolute atomic E-state index is 11.7. The fraction of sp³-hybridized carbons (Fsp3) is 0.400. The molecule has 1 fully saturated rings. The van der Waals surface area contributed by atoms with Crippen molar-refractivity contribution in [1.82, 2.24) is 4.98 Å². The first-order chi connectivity index (χ1) is 9.15. The molecule has 2 aromatic rings. The van der Waals surface area contributed by atoms with Gasteiger partial charge in [0.25, 0.3) is 0 Å². The third-order valence-corrected chi connectivity index (χ3v) is 5.44. The van der Waals surface area contributed by atoms with Crippen LogP contribution < -0.4 is 0 Å². The van der Waals surface area contributed by atoms with Crippen LogP contribution >= 0.6 is 27.7 Å². The molecule has 4 heteroatoms. The number of hydrogen-bond donors (Lipinski definition) is 1. The van der Waals surface area contributed by atoms with Crippen LogP contribution in [0.1, 0.15) is 29.3 Å². The quantitative estimate of drug-likeness (QED) is 0.840. The zero-order valence-corrected chi connectivity index (χ0v) is 13.2. The Bertz CT molecular complexity index is 628. The van der Waals surface area contributed by atoms with Gasteiger partial charge in [-0.05, 0) is 54.9 Å². The number of ketones is 1. The first-order valence-corrected chi connectivity index (χ1v) is 8.48. The first kappa shape index (κ1) is 13.3. The average molecular weight is 338 g/mol. The second kappa shape index (κ2) is 5.33. The van der Waals surface area contributed by atoms with E-state index in [4.69, 9.17) is 0 Å². The topological polar surface area (TPSA) is 32.9 Å². The van der Waals surface area contributed by atoms with E-state index in [0.717, 1.165) is 27.9 Å². The van der Waals surface area contributed by atoms with E-state index in [2.05, 4.69) is 33.2 Å². The number of Topliss-reactive ketones (excluding diaryl/α,β-unsaturated/α-hetero) is 1. The highest BCUT2D eigenvalue weighted by molar-refractivity contribution is 9.10. The van der Waals surface area contributed by atoms with E-state index in [-0.39, 0.29) is 5.78 Å². The molecule has 0 aliphatic carbocycles. The lowest BCUT2D eigenvalue weighted by molar-refractivity contribution is 0.101. The molecule has 100 valence electrons. The third kappa shape index (κ3) is 2.61. The number of H-pyrrole nitrogens is 1. The molecule has 0 amide bonds. The molecule has 1 N–H and O–H groups in total. The number of thioether (sulfide) groups is 1. The number of rotatable bonds is 3. The third-order valence-electron chi connectivity index (χ3n) is 3.75. The summed E-state index contributed by atoms with van der Waals surface area (Å²) >= 11 is 5.56. The Morgan fingerprint density at radius 1 is 1.53 bits per heavy atom. The van der Waals surface area contributed by atoms with Gasteiger partial charge in [0.2, 0.25) is 0 Å². The molecular weight excluding hydrogens is 322 g/mol. The summed E-state index contributed by atoms with van der Waals surface area (Å²) in [6.07, 6.45) is 4.50. The van der Waals surface area contributed by atoms with E-state index in [1.807, 2.05) is 17.8 Å². The summed E-state index contributed by atoms with van der Waals surface area (Å²) in [5.74, 6) is 3.44. The summed E-state index contributed by atoms with van der Waals surface area (Å²) in [5, 5.41) is 1.19. The summed E-state index contributed by atoms with van der Waals surface area (Å²) in [5.41, 5.74) is 3.10. The van der Waals surface area contributed by atoms with Crippen LogP contribution in [0.2, 0.25) is 0 Å². The van der Waals surface area contributed by atoms with Crippen molar-refractivity contribution in [3.05, 3.63) is 33.9 Å². The number of halogens is 1. The van der Waals surface area contributed by atoms with Gasteiger partial charge in [0.05, 0.1) is 5.52 Å². The van der Waals surface area contributed by atoms with Crippen molar-refractivity contribution < 1.29 is 4.79 Å². The first-order valence-electron chi connectivity index (χ1n) is 6.53. The molecule has 0 bridgehead atoms. The lowest BCUT2D eigenvalue weighted by Crippen LogP contribution is -2.02. The Morgan fingerprint density at radius 3 is 3.05 bits per heavy atom. The maximum Gasteiger partial charge on any atom is 0.161 e. The number of aromatic nitrogens is 1. The fourth-order valence-corrected chi connectivity index (χ4v) is 4.50. The van der Waals surface area contributed by atoms with Gasteiger partial charge < -0.3 is 4.98 Å². The van der Waals surface area contributed by atoms with Crippen molar-refractivity contribution in [3.8, 4) is 0 Å². The summed E-state index contributed by atoms with van der Waals surface area (Å²) in [6.45, 7) is 1.62. The zero-order chi connectivity index (χ0) is 13.4. The van der Waals surface area contributed by atoms with Crippen molar-refractivity contribution in [2.45, 2.75) is 19.8 Å². The van der Waals surface area contributed by atoms with Crippen molar-refractivity contribution in [2.24, 2.45) is 5.92 Å². The number of benzene rings is 1. The number of carbonyl (C=O) groups is 1. The van der Waals surface area contributed by atoms with Gasteiger partial charge in [-0.1, -0.05) is 15.9 Å². The van der Waals surface area contributed by atoms with E-state index in [9.17, 15) is 4.79 Å². The summed E-state index contributed by atoms with van der Waals surface area (Å²) < 4.78 is 0.979. The largest absolute Gasteiger partial charge is 0.360 e. The molecule has 2 heterocycles. The minimum Gasteiger partial charge on any atom is -0.360 e. The molecule has 0 radical (unpaired) electrons. The molecular formula is C15H16BrNOS. The van der Waals surface area contributed by atoms with Crippen LogP contribution in [0.25, 0.3) is 10.9 Å². The van der Waals surface area contributed by atoms with Crippen LogP contribution in [0.5, 0.6) is 0 Å². The van der Waals surface area contributed by atoms with Gasteiger partial charge in [0, 0.05) is 21.6 Å². The van der Waals surface area contributed by atoms with Gasteiger partial charge in [-0.2, -0.15) is 11.8 Å². The van der Waals surface area contributed by atoms with Crippen LogP contribution in [0.3, 0.4) is 0 Å². The van der Waals surface area contributed by atoms with E-state index in [1.54, 1.807) is 6.92 Å². The lowest BCUT2D eigenvalue weighted by atomic mass is 9.97. The van der Waals surface area contributed by atoms with Crippen LogP contribution in [0.4, 0.5) is 0 Å².